The summed E-state index contributed by atoms with van der Waals surface area (Å²) in [6, 6.07) is 3.83. The summed E-state index contributed by atoms with van der Waals surface area (Å²) >= 11 is 0. The summed E-state index contributed by atoms with van der Waals surface area (Å²) in [6.45, 7) is 3.71. The number of ether oxygens (including phenoxy) is 3. The number of fused-ring (bicyclic) bond motifs is 1. The smallest absolute Gasteiger partial charge is 0.234 e. The van der Waals surface area contributed by atoms with E-state index in [1.165, 1.54) is 0 Å². The van der Waals surface area contributed by atoms with Gasteiger partial charge in [-0.25, -0.2) is 0 Å². The van der Waals surface area contributed by atoms with Gasteiger partial charge < -0.3 is 24.6 Å². The molecule has 2 fully saturated rings. The average Bonchev–Trinajstić information content (AvgIpc) is 2.76. The number of nitrogens with zero attached hydrogens (tertiary/aromatic N) is 1. The highest BCUT2D eigenvalue weighted by Crippen LogP contribution is 2.51. The highest BCUT2D eigenvalue weighted by Gasteiger charge is 2.49. The fraction of sp³-hybridized carbons (Fsp3) is 0.696. The number of likely N-dealkylation sites (tertiary alicyclic amines) is 1. The van der Waals surface area contributed by atoms with Gasteiger partial charge in [0.05, 0.1) is 33.5 Å². The Labute approximate surface area is 179 Å². The zero-order chi connectivity index (χ0) is 21.7. The van der Waals surface area contributed by atoms with Gasteiger partial charge in [-0.2, -0.15) is 0 Å². The van der Waals surface area contributed by atoms with Crippen molar-refractivity contribution in [2.75, 3.05) is 41.0 Å². The Balaban J connectivity index is 2.01. The van der Waals surface area contributed by atoms with Crippen LogP contribution in [0.1, 0.15) is 57.1 Å². The van der Waals surface area contributed by atoms with E-state index >= 15 is 0 Å². The predicted octanol–water partition coefficient (Wildman–Crippen LogP) is 2.91. The molecule has 0 bridgehead atoms. The first kappa shape index (κ1) is 22.7. The van der Waals surface area contributed by atoms with E-state index in [1.54, 1.807) is 21.3 Å². The number of benzene rings is 1. The van der Waals surface area contributed by atoms with Crippen molar-refractivity contribution in [2.45, 2.75) is 57.1 Å². The molecule has 30 heavy (non-hydrogen) atoms. The summed E-state index contributed by atoms with van der Waals surface area (Å²) in [5.74, 6) is 1.81. The SMILES string of the molecule is CCCNC(=O)CN1CCC2(O)CCCCC2C1c1cc(OC)c(OC)c(OC)c1. The van der Waals surface area contributed by atoms with Gasteiger partial charge in [0.25, 0.3) is 0 Å². The molecule has 0 radical (unpaired) electrons. The monoisotopic (exact) mass is 420 g/mol. The Morgan fingerprint density at radius 3 is 2.47 bits per heavy atom. The van der Waals surface area contributed by atoms with Crippen LogP contribution < -0.4 is 19.5 Å². The standard InChI is InChI=1S/C23H36N2O5/c1-5-11-24-20(26)15-25-12-10-23(27)9-7-6-8-17(23)21(25)16-13-18(28-2)22(30-4)19(14-16)29-3/h13-14,17,21,27H,5-12,15H2,1-4H3,(H,24,26). The Hall–Kier alpha value is -1.99. The molecule has 7 heteroatoms. The minimum absolute atomic E-state index is 0.0236. The zero-order valence-corrected chi connectivity index (χ0v) is 18.7. The van der Waals surface area contributed by atoms with Gasteiger partial charge in [0.15, 0.2) is 11.5 Å². The molecule has 7 nitrogen and oxygen atoms in total. The molecule has 3 atom stereocenters. The molecule has 2 aliphatic rings. The molecule has 1 saturated carbocycles. The quantitative estimate of drug-likeness (QED) is 0.673. The fourth-order valence-corrected chi connectivity index (χ4v) is 5.14. The van der Waals surface area contributed by atoms with Crippen molar-refractivity contribution in [3.8, 4) is 17.2 Å². The molecule has 0 aromatic heterocycles. The van der Waals surface area contributed by atoms with E-state index in [4.69, 9.17) is 14.2 Å². The summed E-state index contributed by atoms with van der Waals surface area (Å²) in [4.78, 5) is 14.8. The van der Waals surface area contributed by atoms with Gasteiger partial charge in [0.1, 0.15) is 0 Å². The third-order valence-electron chi connectivity index (χ3n) is 6.62. The summed E-state index contributed by atoms with van der Waals surface area (Å²) in [6.07, 6.45) is 5.49. The van der Waals surface area contributed by atoms with Crippen LogP contribution in [0.2, 0.25) is 0 Å². The first-order chi connectivity index (χ1) is 14.5. The summed E-state index contributed by atoms with van der Waals surface area (Å²) in [5, 5.41) is 14.4. The van der Waals surface area contributed by atoms with Crippen LogP contribution in [0.3, 0.4) is 0 Å². The van der Waals surface area contributed by atoms with E-state index in [9.17, 15) is 9.90 Å². The topological polar surface area (TPSA) is 80.3 Å². The van der Waals surface area contributed by atoms with E-state index in [-0.39, 0.29) is 17.9 Å². The van der Waals surface area contributed by atoms with E-state index in [0.29, 0.717) is 43.3 Å². The minimum Gasteiger partial charge on any atom is -0.493 e. The molecule has 2 N–H and O–H groups in total. The van der Waals surface area contributed by atoms with Crippen LogP contribution in [0.15, 0.2) is 12.1 Å². The first-order valence-corrected chi connectivity index (χ1v) is 11.0. The lowest BCUT2D eigenvalue weighted by Gasteiger charge is -2.52. The highest BCUT2D eigenvalue weighted by molar-refractivity contribution is 5.78. The van der Waals surface area contributed by atoms with E-state index in [1.807, 2.05) is 19.1 Å². The number of methoxy groups -OCH3 is 3. The molecular formula is C23H36N2O5. The molecular weight excluding hydrogens is 384 g/mol. The molecule has 1 aromatic carbocycles. The number of hydrogen-bond acceptors (Lipinski definition) is 6. The molecule has 3 rings (SSSR count). The van der Waals surface area contributed by atoms with Gasteiger partial charge in [-0.05, 0) is 43.4 Å². The summed E-state index contributed by atoms with van der Waals surface area (Å²) in [5.41, 5.74) is 0.289. The number of aliphatic hydroxyl groups is 1. The van der Waals surface area contributed by atoms with Gasteiger partial charge >= 0.3 is 0 Å². The Kier molecular flexibility index (Phi) is 7.47. The molecule has 0 spiro atoms. The molecule has 1 aromatic rings. The van der Waals surface area contributed by atoms with Crippen molar-refractivity contribution in [2.24, 2.45) is 5.92 Å². The van der Waals surface area contributed by atoms with E-state index in [0.717, 1.165) is 37.7 Å². The van der Waals surface area contributed by atoms with Crippen molar-refractivity contribution < 1.29 is 24.1 Å². The lowest BCUT2D eigenvalue weighted by molar-refractivity contribution is -0.137. The predicted molar refractivity (Wildman–Crippen MR) is 115 cm³/mol. The number of piperidine rings is 1. The molecule has 1 amide bonds. The van der Waals surface area contributed by atoms with Gasteiger partial charge in [-0.3, -0.25) is 9.69 Å². The highest BCUT2D eigenvalue weighted by atomic mass is 16.5. The Morgan fingerprint density at radius 1 is 1.17 bits per heavy atom. The fourth-order valence-electron chi connectivity index (χ4n) is 5.14. The summed E-state index contributed by atoms with van der Waals surface area (Å²) < 4.78 is 16.6. The number of amides is 1. The molecule has 1 saturated heterocycles. The van der Waals surface area contributed by atoms with Gasteiger partial charge in [-0.15, -0.1) is 0 Å². The third-order valence-corrected chi connectivity index (χ3v) is 6.62. The lowest BCUT2D eigenvalue weighted by Crippen LogP contribution is -2.56. The average molecular weight is 421 g/mol. The van der Waals surface area contributed by atoms with Crippen LogP contribution in [-0.2, 0) is 4.79 Å². The van der Waals surface area contributed by atoms with Crippen LogP contribution in [0, 0.1) is 5.92 Å². The molecule has 3 unspecified atom stereocenters. The van der Waals surface area contributed by atoms with Gasteiger partial charge in [0.2, 0.25) is 11.7 Å². The minimum atomic E-state index is -0.695. The maximum absolute atomic E-state index is 12.5. The second kappa shape index (κ2) is 9.88. The van der Waals surface area contributed by atoms with Crippen LogP contribution in [0.25, 0.3) is 0 Å². The van der Waals surface area contributed by atoms with Crippen molar-refractivity contribution in [3.05, 3.63) is 17.7 Å². The van der Waals surface area contributed by atoms with Crippen molar-refractivity contribution in [1.29, 1.82) is 0 Å². The van der Waals surface area contributed by atoms with Crippen LogP contribution in [-0.4, -0.2) is 62.5 Å². The number of carbonyl (C=O) groups excluding carboxylic acids is 1. The maximum atomic E-state index is 12.5. The number of nitrogens with one attached hydrogen (secondary N) is 1. The lowest BCUT2D eigenvalue weighted by atomic mass is 9.66. The molecule has 1 aliphatic carbocycles. The van der Waals surface area contributed by atoms with Crippen LogP contribution in [0.5, 0.6) is 17.2 Å². The molecule has 168 valence electrons. The van der Waals surface area contributed by atoms with Gasteiger partial charge in [0, 0.05) is 25.0 Å². The van der Waals surface area contributed by atoms with Crippen LogP contribution >= 0.6 is 0 Å². The Bertz CT molecular complexity index is 715. The maximum Gasteiger partial charge on any atom is 0.234 e. The van der Waals surface area contributed by atoms with Crippen LogP contribution in [0.4, 0.5) is 0 Å². The van der Waals surface area contributed by atoms with Crippen molar-refractivity contribution >= 4 is 5.91 Å². The third kappa shape index (κ3) is 4.52. The normalized spacial score (nSPS) is 26.6. The largest absolute Gasteiger partial charge is 0.493 e. The second-order valence-electron chi connectivity index (χ2n) is 8.43. The summed E-state index contributed by atoms with van der Waals surface area (Å²) in [7, 11) is 4.80. The van der Waals surface area contributed by atoms with Crippen molar-refractivity contribution in [1.82, 2.24) is 10.2 Å². The van der Waals surface area contributed by atoms with E-state index < -0.39 is 5.60 Å². The Morgan fingerprint density at radius 2 is 1.87 bits per heavy atom. The number of hydrogen-bond donors (Lipinski definition) is 2. The van der Waals surface area contributed by atoms with Gasteiger partial charge in [-0.1, -0.05) is 19.8 Å². The molecule has 1 heterocycles. The zero-order valence-electron chi connectivity index (χ0n) is 18.7. The molecule has 1 aliphatic heterocycles. The van der Waals surface area contributed by atoms with E-state index in [2.05, 4.69) is 10.2 Å². The second-order valence-corrected chi connectivity index (χ2v) is 8.43. The number of carbonyl (C=O) groups is 1. The number of rotatable bonds is 8. The first-order valence-electron chi connectivity index (χ1n) is 11.0. The van der Waals surface area contributed by atoms with Crippen molar-refractivity contribution in [3.63, 3.8) is 0 Å².